The maximum absolute atomic E-state index is 5.48. The topological polar surface area (TPSA) is 51.8 Å². The van der Waals surface area contributed by atoms with Gasteiger partial charge in [-0.15, -0.1) is 0 Å². The van der Waals surface area contributed by atoms with Gasteiger partial charge >= 0.3 is 0 Å². The normalized spacial score (nSPS) is 12.7. The maximum Gasteiger partial charge on any atom is 0.219 e. The number of anilines is 1. The van der Waals surface area contributed by atoms with E-state index in [4.69, 9.17) is 5.73 Å². The Bertz CT molecular complexity index is 500. The lowest BCUT2D eigenvalue weighted by Crippen LogP contribution is -2.01. The van der Waals surface area contributed by atoms with Gasteiger partial charge in [-0.05, 0) is 23.0 Å². The van der Waals surface area contributed by atoms with Crippen molar-refractivity contribution in [3.63, 3.8) is 0 Å². The summed E-state index contributed by atoms with van der Waals surface area (Å²) < 4.78 is 0. The van der Waals surface area contributed by atoms with Crippen molar-refractivity contribution >= 4 is 5.95 Å². The molecule has 0 saturated carbocycles. The van der Waals surface area contributed by atoms with Crippen LogP contribution in [0.2, 0.25) is 0 Å². The number of nitrogens with two attached hydrogens (primary N) is 1. The lowest BCUT2D eigenvalue weighted by molar-refractivity contribution is 0.535. The lowest BCUT2D eigenvalue weighted by Gasteiger charge is -2.16. The van der Waals surface area contributed by atoms with E-state index in [1.54, 1.807) is 12.4 Å². The molecule has 2 aromatic rings. The summed E-state index contributed by atoms with van der Waals surface area (Å²) in [5.74, 6) is 1.53. The van der Waals surface area contributed by atoms with E-state index in [2.05, 4.69) is 55.0 Å². The van der Waals surface area contributed by atoms with Crippen molar-refractivity contribution in [2.45, 2.75) is 26.7 Å². The van der Waals surface area contributed by atoms with Crippen LogP contribution in [-0.4, -0.2) is 9.97 Å². The molecule has 0 aliphatic rings. The maximum atomic E-state index is 5.48. The highest BCUT2D eigenvalue weighted by molar-refractivity contribution is 5.62. The van der Waals surface area contributed by atoms with Gasteiger partial charge in [0.2, 0.25) is 5.95 Å². The fourth-order valence-corrected chi connectivity index (χ4v) is 1.85. The second-order valence-corrected chi connectivity index (χ2v) is 4.98. The minimum atomic E-state index is 0.309. The highest BCUT2D eigenvalue weighted by Crippen LogP contribution is 2.26. The molecule has 18 heavy (non-hydrogen) atoms. The van der Waals surface area contributed by atoms with Crippen molar-refractivity contribution < 1.29 is 0 Å². The zero-order valence-corrected chi connectivity index (χ0v) is 11.1. The smallest absolute Gasteiger partial charge is 0.219 e. The monoisotopic (exact) mass is 241 g/mol. The Morgan fingerprint density at radius 2 is 1.44 bits per heavy atom. The molecule has 0 bridgehead atoms. The van der Waals surface area contributed by atoms with Gasteiger partial charge in [-0.2, -0.15) is 0 Å². The third-order valence-electron chi connectivity index (χ3n) is 3.44. The Morgan fingerprint density at radius 1 is 0.889 bits per heavy atom. The summed E-state index contributed by atoms with van der Waals surface area (Å²) in [5, 5.41) is 0. The second kappa shape index (κ2) is 5.17. The average molecular weight is 241 g/mol. The predicted octanol–water partition coefficient (Wildman–Crippen LogP) is 3.49. The van der Waals surface area contributed by atoms with Crippen molar-refractivity contribution in [3.8, 4) is 11.1 Å². The summed E-state index contributed by atoms with van der Waals surface area (Å²) in [6, 6.07) is 8.58. The molecule has 0 amide bonds. The Hall–Kier alpha value is -1.90. The van der Waals surface area contributed by atoms with Crippen molar-refractivity contribution in [1.29, 1.82) is 0 Å². The summed E-state index contributed by atoms with van der Waals surface area (Å²) >= 11 is 0. The summed E-state index contributed by atoms with van der Waals surface area (Å²) in [7, 11) is 0. The second-order valence-electron chi connectivity index (χ2n) is 4.98. The molecule has 0 spiro atoms. The molecule has 0 aliphatic heterocycles. The van der Waals surface area contributed by atoms with Crippen LogP contribution in [0.25, 0.3) is 11.1 Å². The molecule has 1 atom stereocenters. The van der Waals surface area contributed by atoms with Gasteiger partial charge in [0.05, 0.1) is 0 Å². The summed E-state index contributed by atoms with van der Waals surface area (Å²) in [4.78, 5) is 8.02. The number of benzene rings is 1. The number of nitrogen functional groups attached to an aromatic ring is 1. The molecule has 0 aliphatic carbocycles. The number of rotatable bonds is 3. The molecule has 1 aromatic carbocycles. The van der Waals surface area contributed by atoms with Crippen LogP contribution in [0.1, 0.15) is 32.3 Å². The van der Waals surface area contributed by atoms with Crippen molar-refractivity contribution in [3.05, 3.63) is 42.2 Å². The SMILES string of the molecule is CC(C)[C@H](C)c1ccc(-c2cnc(N)nc2)cc1. The van der Waals surface area contributed by atoms with Crippen LogP contribution in [0.5, 0.6) is 0 Å². The molecule has 0 unspecified atom stereocenters. The number of nitrogens with zero attached hydrogens (tertiary/aromatic N) is 2. The zero-order valence-electron chi connectivity index (χ0n) is 11.1. The van der Waals surface area contributed by atoms with Gasteiger partial charge in [-0.3, -0.25) is 0 Å². The highest BCUT2D eigenvalue weighted by atomic mass is 15.0. The average Bonchev–Trinajstić information content (AvgIpc) is 2.39. The summed E-state index contributed by atoms with van der Waals surface area (Å²) in [5.41, 5.74) is 8.96. The highest BCUT2D eigenvalue weighted by Gasteiger charge is 2.09. The number of hydrogen-bond donors (Lipinski definition) is 1. The number of aromatic nitrogens is 2. The van der Waals surface area contributed by atoms with Gasteiger partial charge < -0.3 is 5.73 Å². The fourth-order valence-electron chi connectivity index (χ4n) is 1.85. The first-order valence-corrected chi connectivity index (χ1v) is 6.26. The summed E-state index contributed by atoms with van der Waals surface area (Å²) in [6.07, 6.45) is 3.51. The first kappa shape index (κ1) is 12.6. The van der Waals surface area contributed by atoms with Crippen LogP contribution in [-0.2, 0) is 0 Å². The van der Waals surface area contributed by atoms with E-state index in [1.165, 1.54) is 5.56 Å². The van der Waals surface area contributed by atoms with Gasteiger partial charge in [0, 0.05) is 18.0 Å². The standard InChI is InChI=1S/C15H19N3/c1-10(2)11(3)12-4-6-13(7-5-12)14-8-17-15(16)18-9-14/h4-11H,1-3H3,(H2,16,17,18)/t11-/m0/s1. The molecule has 0 fully saturated rings. The van der Waals surface area contributed by atoms with E-state index in [0.717, 1.165) is 11.1 Å². The third kappa shape index (κ3) is 2.67. The third-order valence-corrected chi connectivity index (χ3v) is 3.44. The van der Waals surface area contributed by atoms with Crippen molar-refractivity contribution in [1.82, 2.24) is 9.97 Å². The van der Waals surface area contributed by atoms with Crippen LogP contribution in [0.15, 0.2) is 36.7 Å². The van der Waals surface area contributed by atoms with E-state index >= 15 is 0 Å². The van der Waals surface area contributed by atoms with Crippen LogP contribution < -0.4 is 5.73 Å². The van der Waals surface area contributed by atoms with Gasteiger partial charge in [-0.25, -0.2) is 9.97 Å². The van der Waals surface area contributed by atoms with Crippen LogP contribution in [0.3, 0.4) is 0 Å². The minimum absolute atomic E-state index is 0.309. The van der Waals surface area contributed by atoms with E-state index < -0.39 is 0 Å². The Kier molecular flexibility index (Phi) is 3.60. The van der Waals surface area contributed by atoms with E-state index in [-0.39, 0.29) is 0 Å². The van der Waals surface area contributed by atoms with E-state index in [0.29, 0.717) is 17.8 Å². The van der Waals surface area contributed by atoms with Crippen molar-refractivity contribution in [2.24, 2.45) is 5.92 Å². The van der Waals surface area contributed by atoms with Gasteiger partial charge in [0.15, 0.2) is 0 Å². The first-order chi connectivity index (χ1) is 8.58. The Labute approximate surface area is 108 Å². The van der Waals surface area contributed by atoms with Crippen LogP contribution in [0.4, 0.5) is 5.95 Å². The largest absolute Gasteiger partial charge is 0.368 e. The fraction of sp³-hybridized carbons (Fsp3) is 0.333. The number of hydrogen-bond acceptors (Lipinski definition) is 3. The van der Waals surface area contributed by atoms with Gasteiger partial charge in [-0.1, -0.05) is 45.0 Å². The molecule has 3 heteroatoms. The molecule has 1 heterocycles. The molecule has 94 valence electrons. The molecule has 1 aromatic heterocycles. The molecule has 3 nitrogen and oxygen atoms in total. The minimum Gasteiger partial charge on any atom is -0.368 e. The molecular formula is C15H19N3. The van der Waals surface area contributed by atoms with Crippen LogP contribution >= 0.6 is 0 Å². The van der Waals surface area contributed by atoms with E-state index in [1.807, 2.05) is 0 Å². The molecule has 0 radical (unpaired) electrons. The summed E-state index contributed by atoms with van der Waals surface area (Å²) in [6.45, 7) is 6.74. The van der Waals surface area contributed by atoms with E-state index in [9.17, 15) is 0 Å². The quantitative estimate of drug-likeness (QED) is 0.895. The molecule has 2 rings (SSSR count). The first-order valence-electron chi connectivity index (χ1n) is 6.26. The molecule has 2 N–H and O–H groups in total. The Morgan fingerprint density at radius 3 is 1.94 bits per heavy atom. The Balaban J connectivity index is 2.24. The van der Waals surface area contributed by atoms with Gasteiger partial charge in [0.25, 0.3) is 0 Å². The van der Waals surface area contributed by atoms with Gasteiger partial charge in [0.1, 0.15) is 0 Å². The van der Waals surface area contributed by atoms with Crippen molar-refractivity contribution in [2.75, 3.05) is 5.73 Å². The van der Waals surface area contributed by atoms with Crippen LogP contribution in [0, 0.1) is 5.92 Å². The lowest BCUT2D eigenvalue weighted by atomic mass is 9.89. The zero-order chi connectivity index (χ0) is 13.1. The molecule has 0 saturated heterocycles. The predicted molar refractivity (Wildman–Crippen MR) is 75.1 cm³/mol. The molecular weight excluding hydrogens is 222 g/mol.